The Bertz CT molecular complexity index is 1280. The number of rotatable bonds is 7. The van der Waals surface area contributed by atoms with E-state index in [1.54, 1.807) is 48.6 Å². The second kappa shape index (κ2) is 9.61. The van der Waals surface area contributed by atoms with Crippen LogP contribution in [0.3, 0.4) is 0 Å². The maximum Gasteiger partial charge on any atom is 0.254 e. The monoisotopic (exact) mass is 442 g/mol. The van der Waals surface area contributed by atoms with E-state index in [2.05, 4.69) is 16.0 Å². The van der Waals surface area contributed by atoms with Crippen LogP contribution in [-0.2, 0) is 19.8 Å². The van der Waals surface area contributed by atoms with Crippen molar-refractivity contribution in [3.63, 3.8) is 0 Å². The summed E-state index contributed by atoms with van der Waals surface area (Å²) in [6, 6.07) is 14.7. The molecule has 0 unspecified atom stereocenters. The summed E-state index contributed by atoms with van der Waals surface area (Å²) in [6.45, 7) is 2.48. The van der Waals surface area contributed by atoms with Crippen molar-refractivity contribution in [1.82, 2.24) is 9.88 Å². The van der Waals surface area contributed by atoms with E-state index in [-0.39, 0.29) is 5.91 Å². The molecule has 0 saturated carbocycles. The topological polar surface area (TPSA) is 78.6 Å². The highest BCUT2D eigenvalue weighted by Gasteiger charge is 2.21. The first-order valence-corrected chi connectivity index (χ1v) is 10.6. The number of halogens is 1. The molecule has 0 fully saturated rings. The molecule has 0 bridgehead atoms. The summed E-state index contributed by atoms with van der Waals surface area (Å²) >= 11 is 0. The van der Waals surface area contributed by atoms with Gasteiger partial charge < -0.3 is 9.64 Å². The number of carbonyl (C=O) groups excluding carboxylic acids is 1. The summed E-state index contributed by atoms with van der Waals surface area (Å²) in [7, 11) is 1.72. The Hall–Kier alpha value is -4.05. The third kappa shape index (κ3) is 4.46. The molecule has 1 amide bonds. The minimum Gasteiger partial charge on any atom is -0.493 e. The Balaban J connectivity index is 1.60. The third-order valence-electron chi connectivity index (χ3n) is 5.58. The molecule has 4 rings (SSSR count). The maximum atomic E-state index is 13.2. The Morgan fingerprint density at radius 2 is 2.12 bits per heavy atom. The van der Waals surface area contributed by atoms with E-state index in [0.29, 0.717) is 42.3 Å². The molecule has 6 nitrogen and oxygen atoms in total. The highest BCUT2D eigenvalue weighted by Crippen LogP contribution is 2.32. The lowest BCUT2D eigenvalue weighted by Crippen LogP contribution is -2.27. The minimum absolute atomic E-state index is 0.171. The fourth-order valence-corrected chi connectivity index (χ4v) is 3.93. The lowest BCUT2D eigenvalue weighted by Gasteiger charge is -2.20. The number of nitriles is 1. The van der Waals surface area contributed by atoms with Crippen molar-refractivity contribution in [2.45, 2.75) is 26.7 Å². The van der Waals surface area contributed by atoms with Gasteiger partial charge in [-0.3, -0.25) is 14.8 Å². The first-order valence-electron chi connectivity index (χ1n) is 10.6. The number of hydrogen-bond donors (Lipinski definition) is 0. The molecule has 0 saturated heterocycles. The molecule has 0 spiro atoms. The van der Waals surface area contributed by atoms with Crippen molar-refractivity contribution in [3.8, 4) is 22.9 Å². The van der Waals surface area contributed by atoms with E-state index in [4.69, 9.17) is 4.74 Å². The van der Waals surface area contributed by atoms with Gasteiger partial charge in [-0.15, -0.1) is 0 Å². The molecular formula is C26H23FN4O2. The molecule has 0 radical (unpaired) electrons. The molecule has 166 valence electrons. The third-order valence-corrected chi connectivity index (χ3v) is 5.58. The smallest absolute Gasteiger partial charge is 0.254 e. The number of carbonyl (C=O) groups is 1. The number of hydrogen-bond acceptors (Lipinski definition) is 5. The number of aliphatic imine (C=N–C) groups is 1. The number of aromatic nitrogens is 1. The Morgan fingerprint density at radius 3 is 2.88 bits per heavy atom. The van der Waals surface area contributed by atoms with Crippen LogP contribution in [-0.4, -0.2) is 35.7 Å². The van der Waals surface area contributed by atoms with Crippen LogP contribution in [0.5, 0.6) is 5.75 Å². The van der Waals surface area contributed by atoms with E-state index in [1.165, 1.54) is 0 Å². The van der Waals surface area contributed by atoms with Gasteiger partial charge in [0.25, 0.3) is 5.91 Å². The van der Waals surface area contributed by atoms with E-state index >= 15 is 0 Å². The molecule has 33 heavy (non-hydrogen) atoms. The summed E-state index contributed by atoms with van der Waals surface area (Å²) < 4.78 is 19.0. The Labute approximate surface area is 192 Å². The van der Waals surface area contributed by atoms with E-state index < -0.39 is 6.67 Å². The van der Waals surface area contributed by atoms with Gasteiger partial charge in [-0.25, -0.2) is 4.39 Å². The minimum atomic E-state index is -0.646. The maximum absolute atomic E-state index is 13.2. The zero-order valence-corrected chi connectivity index (χ0v) is 18.5. The number of benzene rings is 2. The van der Waals surface area contributed by atoms with E-state index in [9.17, 15) is 14.4 Å². The second-order valence-electron chi connectivity index (χ2n) is 7.72. The van der Waals surface area contributed by atoms with Crippen LogP contribution in [0.1, 0.15) is 45.2 Å². The van der Waals surface area contributed by atoms with Crippen LogP contribution in [0.2, 0.25) is 0 Å². The molecule has 1 aromatic heterocycles. The van der Waals surface area contributed by atoms with E-state index in [0.717, 1.165) is 27.8 Å². The number of pyridine rings is 1. The largest absolute Gasteiger partial charge is 0.493 e. The van der Waals surface area contributed by atoms with Crippen molar-refractivity contribution in [3.05, 3.63) is 82.2 Å². The van der Waals surface area contributed by atoms with Crippen molar-refractivity contribution >= 4 is 12.1 Å². The van der Waals surface area contributed by atoms with Crippen molar-refractivity contribution in [2.75, 3.05) is 13.7 Å². The van der Waals surface area contributed by atoms with Crippen LogP contribution in [0.4, 0.5) is 4.39 Å². The highest BCUT2D eigenvalue weighted by atomic mass is 19.1. The van der Waals surface area contributed by atoms with Crippen LogP contribution in [0.15, 0.2) is 53.7 Å². The molecule has 0 atom stereocenters. The quantitative estimate of drug-likeness (QED) is 0.532. The molecular weight excluding hydrogens is 419 g/mol. The normalized spacial score (nSPS) is 11.7. The van der Waals surface area contributed by atoms with Gasteiger partial charge >= 0.3 is 0 Å². The molecule has 7 heteroatoms. The summed E-state index contributed by atoms with van der Waals surface area (Å²) in [4.78, 5) is 23.2. The lowest BCUT2D eigenvalue weighted by molar-refractivity contribution is 0.0784. The average molecular weight is 442 g/mol. The van der Waals surface area contributed by atoms with Crippen LogP contribution in [0.25, 0.3) is 11.1 Å². The lowest BCUT2D eigenvalue weighted by atomic mass is 10.00. The first-order chi connectivity index (χ1) is 16.0. The molecule has 2 aromatic carbocycles. The van der Waals surface area contributed by atoms with Gasteiger partial charge in [0.1, 0.15) is 12.4 Å². The van der Waals surface area contributed by atoms with Crippen molar-refractivity contribution in [2.24, 2.45) is 4.99 Å². The highest BCUT2D eigenvalue weighted by molar-refractivity contribution is 5.95. The predicted octanol–water partition coefficient (Wildman–Crippen LogP) is 4.69. The standard InChI is InChI=1S/C26H23FN4O2/c1-3-33-25-10-19(7-8-21(25)18-6-4-5-17(9-18)12-28)26(32)31(2)16-20-13-30-24(11-27)23-15-29-14-22(20)23/h4-10,13,15H,3,11,14,16H2,1-2H3. The van der Waals surface area contributed by atoms with Gasteiger partial charge in [-0.05, 0) is 53.9 Å². The summed E-state index contributed by atoms with van der Waals surface area (Å²) in [5, 5.41) is 9.21. The van der Waals surface area contributed by atoms with Crippen LogP contribution in [0, 0.1) is 11.3 Å². The van der Waals surface area contributed by atoms with Crippen LogP contribution < -0.4 is 4.74 Å². The van der Waals surface area contributed by atoms with Gasteiger partial charge in [0.15, 0.2) is 0 Å². The molecule has 1 aliphatic heterocycles. The van der Waals surface area contributed by atoms with Gasteiger partial charge in [0.2, 0.25) is 0 Å². The Kier molecular flexibility index (Phi) is 6.45. The molecule has 1 aliphatic rings. The fraction of sp³-hybridized carbons (Fsp3) is 0.231. The fourth-order valence-electron chi connectivity index (χ4n) is 3.93. The van der Waals surface area contributed by atoms with Gasteiger partial charge in [0, 0.05) is 42.7 Å². The molecule has 3 aromatic rings. The number of ether oxygens (including phenoxy) is 1. The summed E-state index contributed by atoms with van der Waals surface area (Å²) in [5.74, 6) is 0.408. The van der Waals surface area contributed by atoms with Gasteiger partial charge in [-0.2, -0.15) is 5.26 Å². The SMILES string of the molecule is CCOc1cc(C(=O)N(C)Cc2cnc(CF)c3c2CN=C3)ccc1-c1cccc(C#N)c1. The van der Waals surface area contributed by atoms with E-state index in [1.807, 2.05) is 25.1 Å². The van der Waals surface area contributed by atoms with Gasteiger partial charge in [0.05, 0.1) is 30.5 Å². The van der Waals surface area contributed by atoms with Crippen molar-refractivity contribution < 1.29 is 13.9 Å². The first kappa shape index (κ1) is 22.2. The second-order valence-corrected chi connectivity index (χ2v) is 7.72. The summed E-state index contributed by atoms with van der Waals surface area (Å²) in [5.41, 5.74) is 5.57. The number of amides is 1. The zero-order chi connectivity index (χ0) is 23.4. The number of fused-ring (bicyclic) bond motifs is 1. The number of nitrogens with zero attached hydrogens (tertiary/aromatic N) is 4. The van der Waals surface area contributed by atoms with Gasteiger partial charge in [-0.1, -0.05) is 12.1 Å². The molecule has 2 heterocycles. The summed E-state index contributed by atoms with van der Waals surface area (Å²) in [6.07, 6.45) is 3.28. The molecule has 0 N–H and O–H groups in total. The average Bonchev–Trinajstić information content (AvgIpc) is 3.34. The zero-order valence-electron chi connectivity index (χ0n) is 18.5. The van der Waals surface area contributed by atoms with Crippen LogP contribution >= 0.6 is 0 Å². The number of alkyl halides is 1. The predicted molar refractivity (Wildman–Crippen MR) is 124 cm³/mol. The Morgan fingerprint density at radius 1 is 1.27 bits per heavy atom. The molecule has 0 aliphatic carbocycles. The van der Waals surface area contributed by atoms with Crippen molar-refractivity contribution in [1.29, 1.82) is 5.26 Å².